The van der Waals surface area contributed by atoms with Crippen LogP contribution >= 0.6 is 11.3 Å². The largest absolute Gasteiger partial charge is 0.475 e. The van der Waals surface area contributed by atoms with Crippen LogP contribution in [0.4, 0.5) is 40.9 Å². The van der Waals surface area contributed by atoms with Gasteiger partial charge in [-0.05, 0) is 206 Å². The summed E-state index contributed by atoms with van der Waals surface area (Å²) in [5, 5.41) is 20.2. The number of nitrogens with zero attached hydrogens (tertiary/aromatic N) is 12. The van der Waals surface area contributed by atoms with Crippen LogP contribution in [-0.2, 0) is 52.4 Å². The number of halogens is 8. The summed E-state index contributed by atoms with van der Waals surface area (Å²) in [5.74, 6) is -5.39. The third-order valence-electron chi connectivity index (χ3n) is 25.4. The summed E-state index contributed by atoms with van der Waals surface area (Å²) in [6, 6.07) is 64.1. The minimum Gasteiger partial charge on any atom is -0.475 e. The molecular weight excluding hydrogens is 1920 g/mol. The van der Waals surface area contributed by atoms with Crippen LogP contribution < -0.4 is 40.8 Å². The van der Waals surface area contributed by atoms with Crippen molar-refractivity contribution in [2.75, 3.05) is 5.32 Å². The SMILES string of the molecule is CC(C)Oc1ccc2c(C(=O)NCc3ccc(F)c(F)c3)c(C(C)C)n(Cc3ccccc3)c2n1.CC(C)c1c(C(=O)NCc2ccc(F)c(F)c2)c2ccc(NC3CCCC3)nc2n1Cc1ccccn1.CC(C)c1c(C(=O)NCc2ccc(F)c(F)c2)c2ccc(Oc3nccs3)nc2n1Cc1ccccn1.O=C(NCc1cc(F)cc(F)c1)c1c(C2CCC2)n(Cc2ccccc2)c2nc(Oc3cccnc3)ccc12. The smallest absolute Gasteiger partial charge is 0.279 e. The fourth-order valence-corrected chi connectivity index (χ4v) is 19.1. The van der Waals surface area contributed by atoms with Gasteiger partial charge in [-0.2, -0.15) is 15.0 Å². The summed E-state index contributed by atoms with van der Waals surface area (Å²) in [6.45, 7) is 18.2. The van der Waals surface area contributed by atoms with E-state index in [1.54, 1.807) is 67.4 Å². The number of hydrogen-bond acceptors (Lipinski definition) is 17. The molecule has 148 heavy (non-hydrogen) atoms. The van der Waals surface area contributed by atoms with Crippen LogP contribution in [0, 0.1) is 46.5 Å². The van der Waals surface area contributed by atoms with Gasteiger partial charge in [-0.1, -0.05) is 163 Å². The Kier molecular flexibility index (Phi) is 32.9. The molecule has 2 fully saturated rings. The van der Waals surface area contributed by atoms with Gasteiger partial charge in [0.05, 0.1) is 59.0 Å². The van der Waals surface area contributed by atoms with Gasteiger partial charge in [0.2, 0.25) is 17.6 Å². The minimum absolute atomic E-state index is 0.00138. The number of carbonyl (C=O) groups is 4. The first kappa shape index (κ1) is 103. The van der Waals surface area contributed by atoms with Crippen LogP contribution in [0.3, 0.4) is 0 Å². The van der Waals surface area contributed by atoms with Gasteiger partial charge in [-0.15, -0.1) is 0 Å². The van der Waals surface area contributed by atoms with Crippen molar-refractivity contribution in [3.8, 4) is 28.6 Å². The van der Waals surface area contributed by atoms with Crippen LogP contribution in [0.25, 0.3) is 44.1 Å². The number of rotatable bonds is 32. The van der Waals surface area contributed by atoms with Gasteiger partial charge in [0.25, 0.3) is 28.8 Å². The van der Waals surface area contributed by atoms with Crippen LogP contribution in [0.1, 0.15) is 233 Å². The van der Waals surface area contributed by atoms with Crippen molar-refractivity contribution in [3.05, 3.63) is 403 Å². The zero-order valence-corrected chi connectivity index (χ0v) is 83.4. The molecule has 5 N–H and O–H groups in total. The number of ether oxygens (including phenoxy) is 3. The predicted molar refractivity (Wildman–Crippen MR) is 554 cm³/mol. The average molecular weight is 2030 g/mol. The normalized spacial score (nSPS) is 12.5. The highest BCUT2D eigenvalue weighted by Gasteiger charge is 2.35. The summed E-state index contributed by atoms with van der Waals surface area (Å²) in [4.78, 5) is 90.9. The van der Waals surface area contributed by atoms with Crippen molar-refractivity contribution in [2.45, 2.75) is 189 Å². The van der Waals surface area contributed by atoms with Crippen molar-refractivity contribution in [3.63, 3.8) is 0 Å². The molecule has 2 saturated carbocycles. The minimum atomic E-state index is -0.960. The van der Waals surface area contributed by atoms with Gasteiger partial charge in [0, 0.05) is 150 Å². The number of thiazole rings is 1. The molecule has 33 heteroatoms. The standard InChI is InChI=1S/C31H26F2N4O2.C29H31F2N5O.C28H29F2N3O2.C27H23F2N5O2S/c32-23-14-21(15-24(33)16-23)17-35-31(38)28-26-11-12-27(39-25-10-5-13-34-18-25)36-30(26)37(29(28)22-8-4-9-22)19-20-6-2-1-3-7-20;1-18(2)27-26(29(37)33-16-19-10-12-23(30)24(31)15-19)22-11-13-25(34-20-7-3-4-8-20)35-28(22)36(27)17-21-9-5-6-14-32-21;1-17(2)26-25(28(34)31-15-20-10-12-22(29)23(30)14-20)21-11-13-24(35-18(3)4)32-27(21)33(26)16-19-8-6-5-7-9-19;1-16(2)24-23(26(35)32-14-17-6-8-20(28)21(29)13-17)19-7-9-22(36-27-31-11-12-37-27)33-25(19)34(24)15-18-5-3-4-10-30-18/h1-3,5-7,10-16,18,22H,4,8-9,17,19H2,(H,35,38);5-6,9-15,18,20H,3-4,7-8,16-17H2,1-2H3,(H,33,37)(H,34,35);5-14,17-18H,15-16H2,1-4H3,(H,31,34);3-13,16H,14-15H2,1-2H3,(H,32,35). The van der Waals surface area contributed by atoms with Gasteiger partial charge < -0.3 is 59.1 Å². The fourth-order valence-electron chi connectivity index (χ4n) is 18.6. The van der Waals surface area contributed by atoms with E-state index in [0.29, 0.717) is 138 Å². The van der Waals surface area contributed by atoms with E-state index in [0.717, 1.165) is 137 Å². The Labute approximate surface area is 853 Å². The number of fused-ring (bicyclic) bond motifs is 4. The third kappa shape index (κ3) is 24.7. The van der Waals surface area contributed by atoms with Crippen molar-refractivity contribution in [2.24, 2.45) is 0 Å². The van der Waals surface area contributed by atoms with Gasteiger partial charge in [-0.3, -0.25) is 34.1 Å². The van der Waals surface area contributed by atoms with E-state index in [1.807, 2.05) is 187 Å². The van der Waals surface area contributed by atoms with Crippen molar-refractivity contribution < 1.29 is 68.5 Å². The molecule has 0 aliphatic heterocycles. The first-order valence-electron chi connectivity index (χ1n) is 49.1. The molecule has 18 aromatic rings. The van der Waals surface area contributed by atoms with Gasteiger partial charge in [-0.25, -0.2) is 45.1 Å². The van der Waals surface area contributed by atoms with E-state index in [1.165, 1.54) is 54.5 Å². The second kappa shape index (κ2) is 47.2. The lowest BCUT2D eigenvalue weighted by molar-refractivity contribution is 0.0942. The van der Waals surface area contributed by atoms with Crippen molar-refractivity contribution in [1.82, 2.24) is 79.4 Å². The maximum absolute atomic E-state index is 13.7. The highest BCUT2D eigenvalue weighted by atomic mass is 32.1. The van der Waals surface area contributed by atoms with E-state index in [2.05, 4.69) is 60.2 Å². The number of nitrogens with one attached hydrogen (secondary N) is 5. The molecule has 2 aliphatic rings. The zero-order valence-electron chi connectivity index (χ0n) is 82.6. The Balaban J connectivity index is 0.000000135. The van der Waals surface area contributed by atoms with E-state index in [4.69, 9.17) is 34.1 Å². The van der Waals surface area contributed by atoms with Crippen LogP contribution in [0.15, 0.2) is 267 Å². The van der Waals surface area contributed by atoms with Crippen LogP contribution in [0.5, 0.6) is 28.6 Å². The quantitative estimate of drug-likeness (QED) is 0.0245. The maximum atomic E-state index is 13.7. The molecule has 2 aliphatic carbocycles. The van der Waals surface area contributed by atoms with E-state index in [-0.39, 0.29) is 79.6 Å². The molecule has 0 atom stereocenters. The van der Waals surface area contributed by atoms with E-state index >= 15 is 0 Å². The first-order valence-corrected chi connectivity index (χ1v) is 50.0. The lowest BCUT2D eigenvalue weighted by atomic mass is 9.81. The van der Waals surface area contributed by atoms with E-state index in [9.17, 15) is 54.3 Å². The summed E-state index contributed by atoms with van der Waals surface area (Å²) >= 11 is 1.35. The second-order valence-electron chi connectivity index (χ2n) is 37.5. The number of amides is 4. The highest BCUT2D eigenvalue weighted by molar-refractivity contribution is 7.11. The van der Waals surface area contributed by atoms with Gasteiger partial charge >= 0.3 is 0 Å². The molecule has 0 spiro atoms. The summed E-state index contributed by atoms with van der Waals surface area (Å²) in [5.41, 5.74) is 13.7. The predicted octanol–water partition coefficient (Wildman–Crippen LogP) is 25.2. The first-order chi connectivity index (χ1) is 71.6. The average Bonchev–Trinajstić information content (AvgIpc) is 1.64. The summed E-state index contributed by atoms with van der Waals surface area (Å²) < 4.78 is 134. The Hall–Kier alpha value is -16.3. The Bertz CT molecular complexity index is 7740. The molecule has 20 rings (SSSR count). The molecule has 758 valence electrons. The lowest BCUT2D eigenvalue weighted by Gasteiger charge is -2.28. The molecule has 0 unspecified atom stereocenters. The monoisotopic (exact) mass is 2020 g/mol. The maximum Gasteiger partial charge on any atom is 0.279 e. The summed E-state index contributed by atoms with van der Waals surface area (Å²) in [6.07, 6.45) is 16.1. The molecule has 0 bridgehead atoms. The molecule has 4 amide bonds. The number of benzene rings is 6. The number of aromatic nitrogens is 12. The molecule has 0 saturated heterocycles. The number of carbonyl (C=O) groups excluding carboxylic acids is 4. The molecule has 12 heterocycles. The van der Waals surface area contributed by atoms with Gasteiger partial charge in [0.1, 0.15) is 45.8 Å². The molecular formula is C115H109F8N17O7S. The van der Waals surface area contributed by atoms with Crippen LogP contribution in [-0.4, -0.2) is 93.9 Å². The number of anilines is 1. The summed E-state index contributed by atoms with van der Waals surface area (Å²) in [7, 11) is 0. The molecule has 12 aromatic heterocycles. The molecule has 24 nitrogen and oxygen atoms in total. The Morgan fingerprint density at radius 1 is 0.372 bits per heavy atom. The molecule has 6 aromatic carbocycles. The Morgan fingerprint density at radius 3 is 1.23 bits per heavy atom. The molecule has 0 radical (unpaired) electrons. The topological polar surface area (TPSA) is 279 Å². The van der Waals surface area contributed by atoms with Crippen molar-refractivity contribution in [1.29, 1.82) is 0 Å². The van der Waals surface area contributed by atoms with Crippen LogP contribution in [0.2, 0.25) is 0 Å². The number of pyridine rings is 7. The lowest BCUT2D eigenvalue weighted by Crippen LogP contribution is -2.26. The van der Waals surface area contributed by atoms with Gasteiger partial charge in [0.15, 0.2) is 34.9 Å². The Morgan fingerprint density at radius 2 is 0.797 bits per heavy atom. The third-order valence-corrected chi connectivity index (χ3v) is 26.1. The fraction of sp³-hybridized carbons (Fsp3) is 0.252. The van der Waals surface area contributed by atoms with Crippen molar-refractivity contribution >= 4 is 84.9 Å². The second-order valence-corrected chi connectivity index (χ2v) is 38.3. The number of hydrogen-bond donors (Lipinski definition) is 5. The van der Waals surface area contributed by atoms with E-state index < -0.39 is 46.5 Å². The highest BCUT2D eigenvalue weighted by Crippen LogP contribution is 2.44. The zero-order chi connectivity index (χ0) is 104.